The molecule has 0 radical (unpaired) electrons. The lowest BCUT2D eigenvalue weighted by Gasteiger charge is -2.22. The van der Waals surface area contributed by atoms with Crippen LogP contribution in [0.3, 0.4) is 0 Å². The molecule has 5 nitrogen and oxygen atoms in total. The van der Waals surface area contributed by atoms with Gasteiger partial charge in [0.2, 0.25) is 0 Å². The van der Waals surface area contributed by atoms with E-state index in [0.29, 0.717) is 11.1 Å². The Morgan fingerprint density at radius 1 is 1.03 bits per heavy atom. The maximum atomic E-state index is 13.2. The summed E-state index contributed by atoms with van der Waals surface area (Å²) in [4.78, 5) is 14.1. The molecule has 0 aliphatic carbocycles. The predicted octanol–water partition coefficient (Wildman–Crippen LogP) is 4.68. The van der Waals surface area contributed by atoms with Crippen LogP contribution in [0.15, 0.2) is 41.3 Å². The molecule has 12 heteroatoms. The predicted molar refractivity (Wildman–Crippen MR) is 105 cm³/mol. The van der Waals surface area contributed by atoms with Crippen LogP contribution in [0.25, 0.3) is 0 Å². The van der Waals surface area contributed by atoms with Crippen molar-refractivity contribution >= 4 is 15.7 Å². The first-order chi connectivity index (χ1) is 15.0. The highest BCUT2D eigenvalue weighted by Gasteiger charge is 2.39. The lowest BCUT2D eigenvalue weighted by molar-refractivity contribution is -0.189. The van der Waals surface area contributed by atoms with Crippen LogP contribution in [-0.4, -0.2) is 43.9 Å². The maximum Gasteiger partial charge on any atom is 0.425 e. The van der Waals surface area contributed by atoms with Crippen LogP contribution in [-0.2, 0) is 29.3 Å². The number of carbonyl (C=O) groups is 1. The molecule has 1 heterocycles. The van der Waals surface area contributed by atoms with E-state index in [1.165, 1.54) is 23.1 Å². The van der Waals surface area contributed by atoms with E-state index in [1.54, 1.807) is 0 Å². The minimum absolute atomic E-state index is 0.00215. The molecule has 0 bridgehead atoms. The molecule has 0 saturated heterocycles. The first-order valence-corrected chi connectivity index (χ1v) is 11.5. The fourth-order valence-corrected chi connectivity index (χ4v) is 4.02. The Balaban J connectivity index is 1.93. The molecule has 1 aliphatic heterocycles. The molecule has 33 heavy (non-hydrogen) atoms. The molecule has 3 rings (SSSR count). The number of halogens is 6. The Labute approximate surface area is 185 Å². The van der Waals surface area contributed by atoms with Gasteiger partial charge in [-0.05, 0) is 41.8 Å². The van der Waals surface area contributed by atoms with Crippen LogP contribution >= 0.6 is 0 Å². The van der Waals surface area contributed by atoms with Crippen molar-refractivity contribution in [2.24, 2.45) is 0 Å². The number of hydrogen-bond donors (Lipinski definition) is 0. The molecule has 0 saturated carbocycles. The Kier molecular flexibility index (Phi) is 6.44. The van der Waals surface area contributed by atoms with E-state index in [1.807, 2.05) is 0 Å². The Morgan fingerprint density at radius 2 is 1.67 bits per heavy atom. The summed E-state index contributed by atoms with van der Waals surface area (Å²) in [6, 6.07) is 7.04. The number of fused-ring (bicyclic) bond motifs is 1. The van der Waals surface area contributed by atoms with Gasteiger partial charge in [-0.25, -0.2) is 8.42 Å². The molecule has 0 aromatic heterocycles. The van der Waals surface area contributed by atoms with Crippen molar-refractivity contribution in [1.82, 2.24) is 4.90 Å². The maximum absolute atomic E-state index is 13.2. The third kappa shape index (κ3) is 5.98. The van der Waals surface area contributed by atoms with Crippen LogP contribution in [0.5, 0.6) is 5.75 Å². The van der Waals surface area contributed by atoms with Crippen molar-refractivity contribution in [3.8, 4) is 5.75 Å². The van der Waals surface area contributed by atoms with Gasteiger partial charge in [-0.2, -0.15) is 26.3 Å². The summed E-state index contributed by atoms with van der Waals surface area (Å²) in [7, 11) is -3.79. The summed E-state index contributed by atoms with van der Waals surface area (Å²) in [6.45, 7) is 0.654. The highest BCUT2D eigenvalue weighted by atomic mass is 32.2. The fraction of sp³-hybridized carbons (Fsp3) is 0.381. The molecule has 180 valence electrons. The zero-order valence-corrected chi connectivity index (χ0v) is 18.2. The molecule has 0 N–H and O–H groups in total. The van der Waals surface area contributed by atoms with E-state index in [4.69, 9.17) is 4.74 Å². The van der Waals surface area contributed by atoms with Crippen LogP contribution in [0.1, 0.15) is 34.0 Å². The van der Waals surface area contributed by atoms with Crippen molar-refractivity contribution < 1.29 is 44.3 Å². The summed E-state index contributed by atoms with van der Waals surface area (Å²) >= 11 is 0. The zero-order valence-electron chi connectivity index (χ0n) is 17.4. The molecular formula is C21H19F6NO4S. The Hall–Kier alpha value is -2.76. The van der Waals surface area contributed by atoms with E-state index in [0.717, 1.165) is 31.4 Å². The van der Waals surface area contributed by atoms with Gasteiger partial charge in [-0.3, -0.25) is 4.79 Å². The number of alkyl halides is 6. The first-order valence-electron chi connectivity index (χ1n) is 9.59. The van der Waals surface area contributed by atoms with Crippen molar-refractivity contribution in [3.63, 3.8) is 0 Å². The van der Waals surface area contributed by atoms with E-state index >= 15 is 0 Å². The number of carbonyl (C=O) groups excluding carboxylic acids is 1. The summed E-state index contributed by atoms with van der Waals surface area (Å²) in [6.07, 6.45) is -11.7. The number of rotatable bonds is 5. The molecule has 2 aromatic carbocycles. The lowest BCUT2D eigenvalue weighted by atomic mass is 10.0. The monoisotopic (exact) mass is 495 g/mol. The van der Waals surface area contributed by atoms with Gasteiger partial charge in [0.15, 0.2) is 15.9 Å². The normalized spacial score (nSPS) is 15.3. The number of amides is 1. The van der Waals surface area contributed by atoms with Gasteiger partial charge in [-0.15, -0.1) is 0 Å². The van der Waals surface area contributed by atoms with Crippen molar-refractivity contribution in [2.75, 3.05) is 6.26 Å². The molecule has 0 fully saturated rings. The topological polar surface area (TPSA) is 63.7 Å². The highest BCUT2D eigenvalue weighted by Crippen LogP contribution is 2.33. The van der Waals surface area contributed by atoms with Crippen molar-refractivity contribution in [2.45, 2.75) is 49.8 Å². The van der Waals surface area contributed by atoms with Gasteiger partial charge in [0.25, 0.3) is 5.91 Å². The van der Waals surface area contributed by atoms with Crippen molar-refractivity contribution in [1.29, 1.82) is 0 Å². The second-order valence-corrected chi connectivity index (χ2v) is 9.80. The summed E-state index contributed by atoms with van der Waals surface area (Å²) in [5.74, 6) is -1.26. The molecular weight excluding hydrogens is 476 g/mol. The third-order valence-corrected chi connectivity index (χ3v) is 6.17. The van der Waals surface area contributed by atoms with Crippen molar-refractivity contribution in [3.05, 3.63) is 58.7 Å². The highest BCUT2D eigenvalue weighted by molar-refractivity contribution is 7.90. The number of sulfone groups is 1. The molecule has 1 aliphatic rings. The first kappa shape index (κ1) is 24.9. The van der Waals surface area contributed by atoms with E-state index in [2.05, 4.69) is 0 Å². The van der Waals surface area contributed by atoms with Gasteiger partial charge in [0.05, 0.1) is 16.9 Å². The summed E-state index contributed by atoms with van der Waals surface area (Å²) in [5.41, 5.74) is 0.671. The van der Waals surface area contributed by atoms with Crippen LogP contribution < -0.4 is 4.74 Å². The largest absolute Gasteiger partial charge is 0.480 e. The second-order valence-electron chi connectivity index (χ2n) is 7.79. The minimum atomic E-state index is -4.73. The number of ether oxygens (including phenoxy) is 1. The van der Waals surface area contributed by atoms with E-state index in [9.17, 15) is 39.6 Å². The summed E-state index contributed by atoms with van der Waals surface area (Å²) in [5, 5.41) is 0. The van der Waals surface area contributed by atoms with E-state index < -0.39 is 51.9 Å². The van der Waals surface area contributed by atoms with E-state index in [-0.39, 0.29) is 23.5 Å². The standard InChI is InChI=1S/C21H19F6NO4S/c1-12(21(25,26)27)32-18-6-5-16(33(2,30)31)8-17(18)19(29)28-10-14-4-3-13(7-15(14)11-28)9-20(22,23)24/h3-8,12H,9-11H2,1-2H3/t12-/m0/s1. The molecule has 1 atom stereocenters. The van der Waals surface area contributed by atoms with Crippen LogP contribution in [0.2, 0.25) is 0 Å². The average molecular weight is 495 g/mol. The molecule has 0 unspecified atom stereocenters. The minimum Gasteiger partial charge on any atom is -0.480 e. The smallest absolute Gasteiger partial charge is 0.425 e. The second kappa shape index (κ2) is 8.54. The van der Waals surface area contributed by atoms with Gasteiger partial charge in [0, 0.05) is 19.3 Å². The molecule has 2 aromatic rings. The Bertz CT molecular complexity index is 1170. The van der Waals surface area contributed by atoms with Gasteiger partial charge < -0.3 is 9.64 Å². The number of hydrogen-bond acceptors (Lipinski definition) is 4. The Morgan fingerprint density at radius 3 is 2.24 bits per heavy atom. The fourth-order valence-electron chi connectivity index (χ4n) is 3.37. The van der Waals surface area contributed by atoms with Gasteiger partial charge in [-0.1, -0.05) is 18.2 Å². The lowest BCUT2D eigenvalue weighted by Crippen LogP contribution is -2.32. The van der Waals surface area contributed by atoms with Crippen LogP contribution in [0.4, 0.5) is 26.3 Å². The third-order valence-electron chi connectivity index (χ3n) is 5.06. The van der Waals surface area contributed by atoms with Gasteiger partial charge in [0.1, 0.15) is 5.75 Å². The molecule has 0 spiro atoms. The zero-order chi connectivity index (χ0) is 24.8. The SMILES string of the molecule is C[C@H](Oc1ccc(S(C)(=O)=O)cc1C(=O)N1Cc2ccc(CC(F)(F)F)cc2C1)C(F)(F)F. The number of nitrogens with zero attached hydrogens (tertiary/aromatic N) is 1. The average Bonchev–Trinajstić information content (AvgIpc) is 3.08. The van der Waals surface area contributed by atoms with Crippen LogP contribution in [0, 0.1) is 0 Å². The van der Waals surface area contributed by atoms with Gasteiger partial charge >= 0.3 is 12.4 Å². The molecule has 1 amide bonds. The quantitative estimate of drug-likeness (QED) is 0.566. The summed E-state index contributed by atoms with van der Waals surface area (Å²) < 4.78 is 106. The number of benzene rings is 2.